The zero-order chi connectivity index (χ0) is 14.3. The number of fused-ring (bicyclic) bond motifs is 1. The number of hydrogen-bond donors (Lipinski definition) is 1. The van der Waals surface area contributed by atoms with E-state index < -0.39 is 5.54 Å². The summed E-state index contributed by atoms with van der Waals surface area (Å²) in [5.74, 6) is -0.433. The molecule has 1 saturated heterocycles. The molecule has 0 aromatic carbocycles. The van der Waals surface area contributed by atoms with E-state index >= 15 is 0 Å². The summed E-state index contributed by atoms with van der Waals surface area (Å²) in [5, 5.41) is 2.93. The summed E-state index contributed by atoms with van der Waals surface area (Å²) in [6.45, 7) is 3.94. The lowest BCUT2D eigenvalue weighted by Gasteiger charge is -2.36. The van der Waals surface area contributed by atoms with E-state index in [1.807, 2.05) is 35.0 Å². The van der Waals surface area contributed by atoms with Crippen molar-refractivity contribution in [3.05, 3.63) is 36.3 Å². The highest BCUT2D eigenvalue weighted by molar-refractivity contribution is 6.02. The number of aromatic nitrogens is 2. The van der Waals surface area contributed by atoms with E-state index in [1.165, 1.54) is 4.90 Å². The molecule has 2 amide bonds. The first-order chi connectivity index (χ1) is 9.47. The monoisotopic (exact) mass is 272 g/mol. The fourth-order valence-electron chi connectivity index (χ4n) is 2.30. The van der Waals surface area contributed by atoms with Crippen LogP contribution in [0.2, 0.25) is 0 Å². The fourth-order valence-corrected chi connectivity index (χ4v) is 2.30. The lowest BCUT2D eigenvalue weighted by atomic mass is 10.0. The molecule has 0 saturated carbocycles. The van der Waals surface area contributed by atoms with Gasteiger partial charge in [0.1, 0.15) is 5.65 Å². The van der Waals surface area contributed by atoms with Gasteiger partial charge in [0.15, 0.2) is 0 Å². The zero-order valence-electron chi connectivity index (χ0n) is 11.5. The van der Waals surface area contributed by atoms with Crippen LogP contribution in [0.25, 0.3) is 5.65 Å². The van der Waals surface area contributed by atoms with E-state index in [9.17, 15) is 9.59 Å². The largest absolute Gasteiger partial charge is 0.307 e. The third-order valence-electron chi connectivity index (χ3n) is 3.50. The second-order valence-corrected chi connectivity index (χ2v) is 5.46. The smallest absolute Gasteiger partial charge is 0.249 e. The van der Waals surface area contributed by atoms with E-state index in [-0.39, 0.29) is 24.9 Å². The van der Waals surface area contributed by atoms with Gasteiger partial charge in [-0.2, -0.15) is 0 Å². The summed E-state index contributed by atoms with van der Waals surface area (Å²) in [6.07, 6.45) is 3.72. The highest BCUT2D eigenvalue weighted by Crippen LogP contribution is 2.16. The van der Waals surface area contributed by atoms with E-state index in [0.29, 0.717) is 5.69 Å². The Kier molecular flexibility index (Phi) is 2.83. The van der Waals surface area contributed by atoms with Crippen LogP contribution in [-0.2, 0) is 16.1 Å². The second-order valence-electron chi connectivity index (χ2n) is 5.46. The molecule has 1 fully saturated rings. The third-order valence-corrected chi connectivity index (χ3v) is 3.50. The van der Waals surface area contributed by atoms with Gasteiger partial charge in [0.25, 0.3) is 0 Å². The predicted octanol–water partition coefficient (Wildman–Crippen LogP) is 0.571. The molecule has 2 aromatic heterocycles. The van der Waals surface area contributed by atoms with Crippen LogP contribution in [0, 0.1) is 0 Å². The number of piperazine rings is 1. The van der Waals surface area contributed by atoms with E-state index in [1.54, 1.807) is 13.8 Å². The summed E-state index contributed by atoms with van der Waals surface area (Å²) in [5.41, 5.74) is 0.792. The number of hydrogen-bond acceptors (Lipinski definition) is 4. The summed E-state index contributed by atoms with van der Waals surface area (Å²) >= 11 is 0. The van der Waals surface area contributed by atoms with E-state index in [2.05, 4.69) is 10.3 Å². The molecule has 3 heterocycles. The second kappa shape index (κ2) is 4.42. The maximum Gasteiger partial charge on any atom is 0.249 e. The molecule has 1 aliphatic rings. The molecule has 6 nitrogen and oxygen atoms in total. The molecule has 3 rings (SSSR count). The molecule has 6 heteroatoms. The van der Waals surface area contributed by atoms with Crippen LogP contribution in [0.1, 0.15) is 19.5 Å². The lowest BCUT2D eigenvalue weighted by molar-refractivity contribution is -0.153. The van der Waals surface area contributed by atoms with Gasteiger partial charge in [-0.1, -0.05) is 6.07 Å². The van der Waals surface area contributed by atoms with Crippen molar-refractivity contribution in [1.29, 1.82) is 0 Å². The van der Waals surface area contributed by atoms with Crippen LogP contribution >= 0.6 is 0 Å². The van der Waals surface area contributed by atoms with E-state index in [4.69, 9.17) is 0 Å². The highest BCUT2D eigenvalue weighted by atomic mass is 16.2. The number of nitrogens with zero attached hydrogens (tertiary/aromatic N) is 3. The molecule has 0 bridgehead atoms. The molecule has 20 heavy (non-hydrogen) atoms. The number of pyridine rings is 1. The highest BCUT2D eigenvalue weighted by Gasteiger charge is 2.39. The Hall–Kier alpha value is -2.21. The maximum absolute atomic E-state index is 12.3. The van der Waals surface area contributed by atoms with Crippen LogP contribution in [0.5, 0.6) is 0 Å². The average Bonchev–Trinajstić information content (AvgIpc) is 2.82. The van der Waals surface area contributed by atoms with Gasteiger partial charge in [-0.25, -0.2) is 4.98 Å². The van der Waals surface area contributed by atoms with Crippen molar-refractivity contribution < 1.29 is 9.59 Å². The first kappa shape index (κ1) is 12.8. The maximum atomic E-state index is 12.3. The molecule has 0 radical (unpaired) electrons. The van der Waals surface area contributed by atoms with Crippen molar-refractivity contribution in [2.24, 2.45) is 0 Å². The topological polar surface area (TPSA) is 66.7 Å². The molecule has 0 atom stereocenters. The van der Waals surface area contributed by atoms with Gasteiger partial charge >= 0.3 is 0 Å². The van der Waals surface area contributed by atoms with E-state index in [0.717, 1.165) is 5.65 Å². The Morgan fingerprint density at radius 2 is 2.15 bits per heavy atom. The third kappa shape index (κ3) is 2.08. The van der Waals surface area contributed by atoms with Gasteiger partial charge in [-0.05, 0) is 26.0 Å². The Morgan fingerprint density at radius 1 is 1.35 bits per heavy atom. The summed E-state index contributed by atoms with van der Waals surface area (Å²) in [4.78, 5) is 29.9. The van der Waals surface area contributed by atoms with Gasteiger partial charge in [0.05, 0.1) is 24.3 Å². The van der Waals surface area contributed by atoms with Gasteiger partial charge < -0.3 is 4.40 Å². The van der Waals surface area contributed by atoms with Gasteiger partial charge in [0, 0.05) is 12.4 Å². The molecular formula is C14H16N4O2. The molecule has 2 aromatic rings. The predicted molar refractivity (Wildman–Crippen MR) is 72.8 cm³/mol. The fraction of sp³-hybridized carbons (Fsp3) is 0.357. The quantitative estimate of drug-likeness (QED) is 0.812. The molecule has 0 unspecified atom stereocenters. The Morgan fingerprint density at radius 3 is 2.90 bits per heavy atom. The number of rotatable bonds is 2. The standard InChI is InChI=1S/C14H16N4O2/c1-14(2)13(20)18(12(19)7-15-14)9-10-8-17-6-4-3-5-11(17)16-10/h3-6,8,15H,7,9H2,1-2H3. The van der Waals surface area contributed by atoms with Crippen molar-refractivity contribution in [3.63, 3.8) is 0 Å². The Labute approximate surface area is 116 Å². The molecule has 104 valence electrons. The molecule has 1 N–H and O–H groups in total. The number of amides is 2. The number of carbonyl (C=O) groups is 2. The minimum atomic E-state index is -0.715. The summed E-state index contributed by atoms with van der Waals surface area (Å²) in [6, 6.07) is 5.69. The van der Waals surface area contributed by atoms with Crippen molar-refractivity contribution in [3.8, 4) is 0 Å². The van der Waals surface area contributed by atoms with Crippen molar-refractivity contribution in [2.45, 2.75) is 25.9 Å². The lowest BCUT2D eigenvalue weighted by Crippen LogP contribution is -2.63. The van der Waals surface area contributed by atoms with Gasteiger partial charge in [0.2, 0.25) is 11.8 Å². The van der Waals surface area contributed by atoms with Gasteiger partial charge in [-0.3, -0.25) is 19.8 Å². The van der Waals surface area contributed by atoms with Crippen LogP contribution in [0.4, 0.5) is 0 Å². The number of imide groups is 1. The van der Waals surface area contributed by atoms with Crippen LogP contribution in [-0.4, -0.2) is 38.2 Å². The zero-order valence-corrected chi connectivity index (χ0v) is 11.5. The van der Waals surface area contributed by atoms with Crippen molar-refractivity contribution >= 4 is 17.5 Å². The number of nitrogens with one attached hydrogen (secondary N) is 1. The van der Waals surface area contributed by atoms with Crippen molar-refractivity contribution in [2.75, 3.05) is 6.54 Å². The average molecular weight is 272 g/mol. The van der Waals surface area contributed by atoms with Gasteiger partial charge in [-0.15, -0.1) is 0 Å². The van der Waals surface area contributed by atoms with Crippen LogP contribution < -0.4 is 5.32 Å². The van der Waals surface area contributed by atoms with Crippen LogP contribution in [0.3, 0.4) is 0 Å². The minimum Gasteiger partial charge on any atom is -0.307 e. The normalized spacial score (nSPS) is 18.8. The summed E-state index contributed by atoms with van der Waals surface area (Å²) < 4.78 is 1.87. The number of imidazole rings is 1. The Balaban J connectivity index is 1.89. The molecule has 0 aliphatic carbocycles. The molecule has 1 aliphatic heterocycles. The minimum absolute atomic E-state index is 0.173. The van der Waals surface area contributed by atoms with Crippen molar-refractivity contribution in [1.82, 2.24) is 19.6 Å². The van der Waals surface area contributed by atoms with Crippen LogP contribution in [0.15, 0.2) is 30.6 Å². The first-order valence-corrected chi connectivity index (χ1v) is 6.50. The number of carbonyl (C=O) groups excluding carboxylic acids is 2. The first-order valence-electron chi connectivity index (χ1n) is 6.50. The molecular weight excluding hydrogens is 256 g/mol. The SMILES string of the molecule is CC1(C)NCC(=O)N(Cc2cn3ccccc3n2)C1=O. The Bertz CT molecular complexity index is 656. The summed E-state index contributed by atoms with van der Waals surface area (Å²) in [7, 11) is 0. The molecule has 0 spiro atoms.